The predicted octanol–water partition coefficient (Wildman–Crippen LogP) is 5.38. The third kappa shape index (κ3) is 5.89. The summed E-state index contributed by atoms with van der Waals surface area (Å²) in [6.07, 6.45) is 5.46. The third-order valence-electron chi connectivity index (χ3n) is 4.19. The standard InChI is InChI=1S/C23H25NO2/c1-2-26-23(25)21(18-24)16-10-5-11-17-22(19-12-6-3-7-13-19)20-14-8-4-9-15-20/h3-4,6-9,12-15,17,21H,2,5,10-11,16H2,1H3. The molecule has 0 aromatic heterocycles. The Morgan fingerprint density at radius 2 is 1.62 bits per heavy atom. The summed E-state index contributed by atoms with van der Waals surface area (Å²) in [5.74, 6) is -1.05. The molecule has 0 amide bonds. The van der Waals surface area contributed by atoms with Crippen LogP contribution < -0.4 is 0 Å². The predicted molar refractivity (Wildman–Crippen MR) is 104 cm³/mol. The van der Waals surface area contributed by atoms with Crippen LogP contribution in [0.3, 0.4) is 0 Å². The first-order valence-electron chi connectivity index (χ1n) is 9.13. The molecule has 0 fully saturated rings. The number of carbonyl (C=O) groups is 1. The molecule has 2 rings (SSSR count). The number of rotatable bonds is 9. The highest BCUT2D eigenvalue weighted by atomic mass is 16.5. The Balaban J connectivity index is 1.97. The number of hydrogen-bond donors (Lipinski definition) is 0. The van der Waals surface area contributed by atoms with Crippen LogP contribution in [-0.4, -0.2) is 12.6 Å². The highest BCUT2D eigenvalue weighted by molar-refractivity contribution is 5.79. The summed E-state index contributed by atoms with van der Waals surface area (Å²) in [4.78, 5) is 11.7. The second-order valence-electron chi connectivity index (χ2n) is 6.07. The van der Waals surface area contributed by atoms with E-state index in [0.29, 0.717) is 13.0 Å². The second-order valence-corrected chi connectivity index (χ2v) is 6.07. The quantitative estimate of drug-likeness (QED) is 0.452. The van der Waals surface area contributed by atoms with Crippen molar-refractivity contribution in [2.24, 2.45) is 5.92 Å². The van der Waals surface area contributed by atoms with Gasteiger partial charge in [-0.1, -0.05) is 73.2 Å². The van der Waals surface area contributed by atoms with Gasteiger partial charge in [-0.2, -0.15) is 5.26 Å². The molecule has 26 heavy (non-hydrogen) atoms. The maximum Gasteiger partial charge on any atom is 0.323 e. The zero-order valence-corrected chi connectivity index (χ0v) is 15.2. The molecule has 0 aliphatic heterocycles. The lowest BCUT2D eigenvalue weighted by Crippen LogP contribution is -2.16. The van der Waals surface area contributed by atoms with Crippen LogP contribution in [0.2, 0.25) is 0 Å². The lowest BCUT2D eigenvalue weighted by Gasteiger charge is -2.10. The number of esters is 1. The van der Waals surface area contributed by atoms with Crippen LogP contribution in [-0.2, 0) is 9.53 Å². The zero-order valence-electron chi connectivity index (χ0n) is 15.2. The molecule has 0 bridgehead atoms. The van der Waals surface area contributed by atoms with Gasteiger partial charge in [0.1, 0.15) is 5.92 Å². The Bertz CT molecular complexity index is 703. The summed E-state index contributed by atoms with van der Waals surface area (Å²) in [6, 6.07) is 22.7. The van der Waals surface area contributed by atoms with E-state index in [1.807, 2.05) is 42.5 Å². The van der Waals surface area contributed by atoms with Crippen LogP contribution in [0.15, 0.2) is 66.7 Å². The summed E-state index contributed by atoms with van der Waals surface area (Å²) in [7, 11) is 0. The van der Waals surface area contributed by atoms with Crippen molar-refractivity contribution >= 4 is 11.5 Å². The average molecular weight is 347 g/mol. The molecule has 2 aromatic carbocycles. The van der Waals surface area contributed by atoms with Gasteiger partial charge >= 0.3 is 5.97 Å². The number of benzene rings is 2. The topological polar surface area (TPSA) is 50.1 Å². The molecular formula is C23H25NO2. The Hall–Kier alpha value is -2.86. The van der Waals surface area contributed by atoms with Gasteiger partial charge < -0.3 is 4.74 Å². The fraction of sp³-hybridized carbons (Fsp3) is 0.304. The summed E-state index contributed by atoms with van der Waals surface area (Å²) < 4.78 is 4.93. The van der Waals surface area contributed by atoms with E-state index < -0.39 is 11.9 Å². The molecule has 0 saturated heterocycles. The van der Waals surface area contributed by atoms with Gasteiger partial charge in [0.15, 0.2) is 0 Å². The molecule has 0 spiro atoms. The van der Waals surface area contributed by atoms with Crippen LogP contribution >= 0.6 is 0 Å². The molecule has 134 valence electrons. The lowest BCUT2D eigenvalue weighted by molar-refractivity contribution is -0.146. The summed E-state index contributed by atoms with van der Waals surface area (Å²) in [5.41, 5.74) is 3.61. The molecule has 0 heterocycles. The van der Waals surface area contributed by atoms with Gasteiger partial charge in [0, 0.05) is 0 Å². The van der Waals surface area contributed by atoms with Crippen LogP contribution in [0, 0.1) is 17.2 Å². The van der Waals surface area contributed by atoms with Crippen molar-refractivity contribution in [3.63, 3.8) is 0 Å². The molecule has 0 saturated carbocycles. The van der Waals surface area contributed by atoms with Gasteiger partial charge in [0.25, 0.3) is 0 Å². The molecule has 1 atom stereocenters. The van der Waals surface area contributed by atoms with E-state index in [1.165, 1.54) is 16.7 Å². The molecule has 1 unspecified atom stereocenters. The zero-order chi connectivity index (χ0) is 18.6. The van der Waals surface area contributed by atoms with Gasteiger partial charge in [-0.3, -0.25) is 4.79 Å². The number of nitriles is 1. The Kier molecular flexibility index (Phi) is 8.15. The van der Waals surface area contributed by atoms with Crippen LogP contribution in [0.5, 0.6) is 0 Å². The van der Waals surface area contributed by atoms with E-state index in [0.717, 1.165) is 19.3 Å². The van der Waals surface area contributed by atoms with Crippen LogP contribution in [0.25, 0.3) is 5.57 Å². The van der Waals surface area contributed by atoms with Crippen LogP contribution in [0.1, 0.15) is 43.7 Å². The number of allylic oxidation sites excluding steroid dienone is 1. The van der Waals surface area contributed by atoms with Gasteiger partial charge in [0.2, 0.25) is 0 Å². The first-order chi connectivity index (χ1) is 12.8. The van der Waals surface area contributed by atoms with Gasteiger partial charge in [-0.05, 0) is 42.9 Å². The smallest absolute Gasteiger partial charge is 0.323 e. The lowest BCUT2D eigenvalue weighted by atomic mass is 9.96. The second kappa shape index (κ2) is 10.9. The number of ether oxygens (including phenoxy) is 1. The Morgan fingerprint density at radius 1 is 1.04 bits per heavy atom. The van der Waals surface area contributed by atoms with Crippen molar-refractivity contribution in [3.8, 4) is 6.07 Å². The summed E-state index contributed by atoms with van der Waals surface area (Å²) >= 11 is 0. The summed E-state index contributed by atoms with van der Waals surface area (Å²) in [6.45, 7) is 2.07. The van der Waals surface area contributed by atoms with Gasteiger partial charge in [0.05, 0.1) is 12.7 Å². The van der Waals surface area contributed by atoms with E-state index in [1.54, 1.807) is 6.92 Å². The highest BCUT2D eigenvalue weighted by Crippen LogP contribution is 2.24. The molecule has 3 heteroatoms. The third-order valence-corrected chi connectivity index (χ3v) is 4.19. The first-order valence-corrected chi connectivity index (χ1v) is 9.13. The SMILES string of the molecule is CCOC(=O)C(C#N)CCCCC=C(c1ccccc1)c1ccccc1. The summed E-state index contributed by atoms with van der Waals surface area (Å²) in [5, 5.41) is 9.10. The van der Waals surface area contributed by atoms with E-state index in [9.17, 15) is 4.79 Å². The molecule has 0 aliphatic carbocycles. The fourth-order valence-electron chi connectivity index (χ4n) is 2.85. The van der Waals surface area contributed by atoms with Crippen molar-refractivity contribution in [1.29, 1.82) is 5.26 Å². The molecule has 0 N–H and O–H groups in total. The van der Waals surface area contributed by atoms with Crippen molar-refractivity contribution in [2.75, 3.05) is 6.61 Å². The minimum absolute atomic E-state index is 0.317. The molecule has 0 radical (unpaired) electrons. The average Bonchev–Trinajstić information content (AvgIpc) is 2.69. The number of nitrogens with zero attached hydrogens (tertiary/aromatic N) is 1. The monoisotopic (exact) mass is 347 g/mol. The fourth-order valence-corrected chi connectivity index (χ4v) is 2.85. The van der Waals surface area contributed by atoms with Gasteiger partial charge in [-0.15, -0.1) is 0 Å². The maximum absolute atomic E-state index is 11.7. The minimum Gasteiger partial charge on any atom is -0.465 e. The van der Waals surface area contributed by atoms with E-state index in [2.05, 4.69) is 30.3 Å². The van der Waals surface area contributed by atoms with E-state index in [-0.39, 0.29) is 0 Å². The number of hydrogen-bond acceptors (Lipinski definition) is 3. The minimum atomic E-state index is -0.651. The first kappa shape index (κ1) is 19.5. The van der Waals surface area contributed by atoms with Crippen molar-refractivity contribution in [3.05, 3.63) is 77.9 Å². The maximum atomic E-state index is 11.7. The van der Waals surface area contributed by atoms with Crippen molar-refractivity contribution in [2.45, 2.75) is 32.6 Å². The van der Waals surface area contributed by atoms with Gasteiger partial charge in [-0.25, -0.2) is 0 Å². The molecule has 0 aliphatic rings. The largest absolute Gasteiger partial charge is 0.465 e. The normalized spacial score (nSPS) is 11.2. The highest BCUT2D eigenvalue weighted by Gasteiger charge is 2.18. The molecule has 3 nitrogen and oxygen atoms in total. The molecule has 2 aromatic rings. The Morgan fingerprint density at radius 3 is 2.12 bits per heavy atom. The molecular weight excluding hydrogens is 322 g/mol. The van der Waals surface area contributed by atoms with Crippen LogP contribution in [0.4, 0.5) is 0 Å². The van der Waals surface area contributed by atoms with Crippen molar-refractivity contribution in [1.82, 2.24) is 0 Å². The number of unbranched alkanes of at least 4 members (excludes halogenated alkanes) is 2. The van der Waals surface area contributed by atoms with E-state index in [4.69, 9.17) is 10.00 Å². The van der Waals surface area contributed by atoms with Crippen molar-refractivity contribution < 1.29 is 9.53 Å². The number of carbonyl (C=O) groups excluding carboxylic acids is 1. The Labute approximate surface area is 155 Å². The van der Waals surface area contributed by atoms with E-state index >= 15 is 0 Å².